The molecule has 2 aliphatic rings. The molecule has 1 heterocycles. The Morgan fingerprint density at radius 3 is 3.16 bits per heavy atom. The highest BCUT2D eigenvalue weighted by Crippen LogP contribution is 2.34. The van der Waals surface area contributed by atoms with Gasteiger partial charge in [-0.1, -0.05) is 24.3 Å². The van der Waals surface area contributed by atoms with Crippen LogP contribution in [0.1, 0.15) is 23.6 Å². The Hall–Kier alpha value is -2.04. The van der Waals surface area contributed by atoms with Gasteiger partial charge in [0.25, 0.3) is 6.02 Å². The van der Waals surface area contributed by atoms with Gasteiger partial charge in [-0.05, 0) is 24.0 Å². The van der Waals surface area contributed by atoms with Crippen LogP contribution in [-0.2, 0) is 11.2 Å². The van der Waals surface area contributed by atoms with E-state index >= 15 is 0 Å². The average Bonchev–Trinajstić information content (AvgIpc) is 3.06. The van der Waals surface area contributed by atoms with Gasteiger partial charge in [0.1, 0.15) is 6.61 Å². The van der Waals surface area contributed by atoms with Gasteiger partial charge in [-0.25, -0.2) is 14.7 Å². The lowest BCUT2D eigenvalue weighted by molar-refractivity contribution is 0.225. The number of urea groups is 1. The van der Waals surface area contributed by atoms with Crippen LogP contribution in [0.3, 0.4) is 0 Å². The number of aliphatic imine (C=N–C) groups is 1. The summed E-state index contributed by atoms with van der Waals surface area (Å²) in [5.41, 5.74) is 2.60. The fraction of sp³-hybridized carbons (Fsp3) is 0.429. The molecule has 1 saturated heterocycles. The second-order valence-electron chi connectivity index (χ2n) is 4.72. The molecule has 2 amide bonds. The Kier molecular flexibility index (Phi) is 3.11. The molecule has 0 radical (unpaired) electrons. The lowest BCUT2D eigenvalue weighted by atomic mass is 10.1. The Bertz CT molecular complexity index is 527. The lowest BCUT2D eigenvalue weighted by Crippen LogP contribution is -2.39. The largest absolute Gasteiger partial charge is 0.463 e. The fourth-order valence-corrected chi connectivity index (χ4v) is 2.63. The summed E-state index contributed by atoms with van der Waals surface area (Å²) >= 11 is 0. The van der Waals surface area contributed by atoms with Crippen LogP contribution < -0.4 is 5.32 Å². The molecule has 1 aromatic rings. The van der Waals surface area contributed by atoms with Crippen molar-refractivity contribution in [3.05, 3.63) is 35.4 Å². The van der Waals surface area contributed by atoms with Gasteiger partial charge in [0.05, 0.1) is 12.6 Å². The molecule has 0 aromatic heterocycles. The van der Waals surface area contributed by atoms with Gasteiger partial charge in [0.15, 0.2) is 0 Å². The first-order valence-corrected chi connectivity index (χ1v) is 6.57. The van der Waals surface area contributed by atoms with Crippen molar-refractivity contribution in [1.29, 1.82) is 0 Å². The first-order valence-electron chi connectivity index (χ1n) is 6.57. The first-order chi connectivity index (χ1) is 9.29. The molecule has 5 nitrogen and oxygen atoms in total. The van der Waals surface area contributed by atoms with E-state index in [1.54, 1.807) is 11.9 Å². The summed E-state index contributed by atoms with van der Waals surface area (Å²) < 4.78 is 5.48. The number of fused-ring (bicyclic) bond motifs is 1. The molecule has 1 atom stereocenters. The highest BCUT2D eigenvalue weighted by Gasteiger charge is 2.29. The SMILES string of the molecule is CNC(=O)N1CCOC1=NC1CCc2ccccc21. The standard InChI is InChI=1S/C14H17N3O2/c1-15-13(18)17-8-9-19-14(17)16-12-7-6-10-4-2-3-5-11(10)12/h2-5,12H,6-9H2,1H3,(H,15,18). The zero-order valence-electron chi connectivity index (χ0n) is 10.9. The number of carbonyl (C=O) groups is 1. The highest BCUT2D eigenvalue weighted by molar-refractivity contribution is 5.94. The molecule has 0 spiro atoms. The molecule has 1 aromatic carbocycles. The molecule has 1 fully saturated rings. The molecule has 5 heteroatoms. The molecule has 1 aliphatic heterocycles. The minimum Gasteiger partial charge on any atom is -0.463 e. The van der Waals surface area contributed by atoms with E-state index in [1.807, 2.05) is 6.07 Å². The summed E-state index contributed by atoms with van der Waals surface area (Å²) in [6.07, 6.45) is 2.02. The molecular formula is C14H17N3O2. The third kappa shape index (κ3) is 2.16. The Morgan fingerprint density at radius 1 is 1.47 bits per heavy atom. The van der Waals surface area contributed by atoms with Crippen molar-refractivity contribution >= 4 is 12.1 Å². The van der Waals surface area contributed by atoms with Crippen LogP contribution >= 0.6 is 0 Å². The van der Waals surface area contributed by atoms with Crippen LogP contribution in [-0.4, -0.2) is 37.2 Å². The highest BCUT2D eigenvalue weighted by atomic mass is 16.5. The van der Waals surface area contributed by atoms with Crippen LogP contribution in [0.4, 0.5) is 4.79 Å². The average molecular weight is 259 g/mol. The van der Waals surface area contributed by atoms with Gasteiger partial charge >= 0.3 is 6.03 Å². The van der Waals surface area contributed by atoms with Gasteiger partial charge < -0.3 is 10.1 Å². The van der Waals surface area contributed by atoms with Gasteiger partial charge in [-0.2, -0.15) is 0 Å². The topological polar surface area (TPSA) is 53.9 Å². The number of hydrogen-bond acceptors (Lipinski definition) is 3. The summed E-state index contributed by atoms with van der Waals surface area (Å²) in [4.78, 5) is 17.9. The van der Waals surface area contributed by atoms with Crippen molar-refractivity contribution in [2.75, 3.05) is 20.2 Å². The summed E-state index contributed by atoms with van der Waals surface area (Å²) in [5, 5.41) is 2.61. The van der Waals surface area contributed by atoms with Crippen molar-refractivity contribution in [3.63, 3.8) is 0 Å². The number of hydrogen-bond donors (Lipinski definition) is 1. The maximum absolute atomic E-state index is 11.7. The molecule has 1 aliphatic carbocycles. The van der Waals surface area contributed by atoms with Gasteiger partial charge in [0.2, 0.25) is 0 Å². The van der Waals surface area contributed by atoms with Gasteiger partial charge in [-0.15, -0.1) is 0 Å². The number of carbonyl (C=O) groups excluding carboxylic acids is 1. The minimum atomic E-state index is -0.164. The van der Waals surface area contributed by atoms with E-state index < -0.39 is 0 Å². The van der Waals surface area contributed by atoms with E-state index in [0.29, 0.717) is 19.2 Å². The Labute approximate surface area is 112 Å². The van der Waals surface area contributed by atoms with Crippen molar-refractivity contribution in [1.82, 2.24) is 10.2 Å². The van der Waals surface area contributed by atoms with Crippen molar-refractivity contribution in [3.8, 4) is 0 Å². The number of rotatable bonds is 1. The van der Waals surface area contributed by atoms with Crippen molar-refractivity contribution in [2.45, 2.75) is 18.9 Å². The van der Waals surface area contributed by atoms with E-state index in [9.17, 15) is 4.79 Å². The van der Waals surface area contributed by atoms with E-state index in [-0.39, 0.29) is 12.1 Å². The van der Waals surface area contributed by atoms with E-state index in [0.717, 1.165) is 12.8 Å². The number of ether oxygens (including phenoxy) is 1. The zero-order valence-corrected chi connectivity index (χ0v) is 10.9. The minimum absolute atomic E-state index is 0.108. The van der Waals surface area contributed by atoms with Crippen molar-refractivity contribution < 1.29 is 9.53 Å². The summed E-state index contributed by atoms with van der Waals surface area (Å²) in [5.74, 6) is 0. The van der Waals surface area contributed by atoms with Gasteiger partial charge in [0, 0.05) is 7.05 Å². The monoisotopic (exact) mass is 259 g/mol. The third-order valence-corrected chi connectivity index (χ3v) is 3.60. The molecule has 3 rings (SSSR count). The summed E-state index contributed by atoms with van der Waals surface area (Å²) in [6, 6.07) is 8.72. The molecule has 100 valence electrons. The predicted molar refractivity (Wildman–Crippen MR) is 72.1 cm³/mol. The fourth-order valence-electron chi connectivity index (χ4n) is 2.63. The smallest absolute Gasteiger partial charge is 0.325 e. The number of amidine groups is 1. The maximum atomic E-state index is 11.7. The lowest BCUT2D eigenvalue weighted by Gasteiger charge is -2.15. The molecule has 1 unspecified atom stereocenters. The van der Waals surface area contributed by atoms with E-state index in [2.05, 4.69) is 28.5 Å². The summed E-state index contributed by atoms with van der Waals surface area (Å²) in [7, 11) is 1.61. The Balaban J connectivity index is 1.85. The number of aryl methyl sites for hydroxylation is 1. The van der Waals surface area contributed by atoms with E-state index in [4.69, 9.17) is 4.74 Å². The van der Waals surface area contributed by atoms with E-state index in [1.165, 1.54) is 11.1 Å². The zero-order chi connectivity index (χ0) is 13.2. The van der Waals surface area contributed by atoms with Crippen molar-refractivity contribution in [2.24, 2.45) is 4.99 Å². The molecule has 19 heavy (non-hydrogen) atoms. The number of nitrogens with one attached hydrogen (secondary N) is 1. The number of benzene rings is 1. The predicted octanol–water partition coefficient (Wildman–Crippen LogP) is 1.70. The number of amides is 2. The number of nitrogens with zero attached hydrogens (tertiary/aromatic N) is 2. The molecule has 1 N–H and O–H groups in total. The second kappa shape index (κ2) is 4.91. The summed E-state index contributed by atoms with van der Waals surface area (Å²) in [6.45, 7) is 1.08. The second-order valence-corrected chi connectivity index (χ2v) is 4.72. The molecule has 0 saturated carbocycles. The quantitative estimate of drug-likeness (QED) is 0.834. The maximum Gasteiger partial charge on any atom is 0.325 e. The first kappa shape index (κ1) is 12.0. The van der Waals surface area contributed by atoms with Crippen LogP contribution in [0, 0.1) is 0 Å². The van der Waals surface area contributed by atoms with Crippen LogP contribution in [0.25, 0.3) is 0 Å². The van der Waals surface area contributed by atoms with Crippen LogP contribution in [0.5, 0.6) is 0 Å². The third-order valence-electron chi connectivity index (χ3n) is 3.60. The van der Waals surface area contributed by atoms with Gasteiger partial charge in [-0.3, -0.25) is 0 Å². The van der Waals surface area contributed by atoms with Crippen LogP contribution in [0.2, 0.25) is 0 Å². The Morgan fingerprint density at radius 2 is 2.32 bits per heavy atom. The molecule has 0 bridgehead atoms. The normalized spacial score (nSPS) is 23.3. The molecular weight excluding hydrogens is 242 g/mol. The van der Waals surface area contributed by atoms with Crippen LogP contribution in [0.15, 0.2) is 29.3 Å².